The molecule has 0 bridgehead atoms. The molecule has 2 heterocycles. The summed E-state index contributed by atoms with van der Waals surface area (Å²) >= 11 is 0. The maximum absolute atomic E-state index is 13.7. The molecule has 0 aliphatic rings. The Labute approximate surface area is 182 Å². The van der Waals surface area contributed by atoms with Gasteiger partial charge in [0.2, 0.25) is 5.78 Å². The maximum atomic E-state index is 13.7. The number of nitrogens with one attached hydrogen (secondary N) is 1. The van der Waals surface area contributed by atoms with Crippen molar-refractivity contribution in [3.8, 4) is 0 Å². The topological polar surface area (TPSA) is 80.6 Å². The third-order valence-electron chi connectivity index (χ3n) is 5.71. The SMILES string of the molecule is Cc1ccc(C(C)n2nc(C(F)F)c3c(=O)[nH]c(C(=O)c4ccc(C)c(C)c4)nc32)cc1. The second kappa shape index (κ2) is 8.11. The van der Waals surface area contributed by atoms with Crippen LogP contribution in [-0.4, -0.2) is 25.5 Å². The Morgan fingerprint density at radius 3 is 2.34 bits per heavy atom. The van der Waals surface area contributed by atoms with E-state index in [9.17, 15) is 18.4 Å². The summed E-state index contributed by atoms with van der Waals surface area (Å²) in [6.45, 7) is 7.52. The number of nitrogens with zero attached hydrogens (tertiary/aromatic N) is 3. The number of ketones is 1. The van der Waals surface area contributed by atoms with Gasteiger partial charge < -0.3 is 4.98 Å². The summed E-state index contributed by atoms with van der Waals surface area (Å²) in [7, 11) is 0. The lowest BCUT2D eigenvalue weighted by Gasteiger charge is -2.14. The summed E-state index contributed by atoms with van der Waals surface area (Å²) < 4.78 is 28.7. The monoisotopic (exact) mass is 436 g/mol. The molecule has 1 atom stereocenters. The average molecular weight is 436 g/mol. The lowest BCUT2D eigenvalue weighted by Crippen LogP contribution is -2.18. The van der Waals surface area contributed by atoms with Crippen molar-refractivity contribution in [1.29, 1.82) is 0 Å². The number of H-pyrrole nitrogens is 1. The summed E-state index contributed by atoms with van der Waals surface area (Å²) in [6.07, 6.45) is -2.96. The molecule has 0 radical (unpaired) electrons. The number of rotatable bonds is 5. The minimum absolute atomic E-state index is 0.0516. The Bertz CT molecular complexity index is 1390. The largest absolute Gasteiger partial charge is 0.303 e. The van der Waals surface area contributed by atoms with Gasteiger partial charge in [-0.1, -0.05) is 42.0 Å². The lowest BCUT2D eigenvalue weighted by atomic mass is 10.0. The van der Waals surface area contributed by atoms with Crippen LogP contribution in [0.2, 0.25) is 0 Å². The van der Waals surface area contributed by atoms with Crippen molar-refractivity contribution in [2.24, 2.45) is 0 Å². The Hall–Kier alpha value is -3.68. The van der Waals surface area contributed by atoms with Gasteiger partial charge in [-0.25, -0.2) is 18.4 Å². The van der Waals surface area contributed by atoms with Gasteiger partial charge in [-0.05, 0) is 50.5 Å². The zero-order chi connectivity index (χ0) is 23.2. The van der Waals surface area contributed by atoms with E-state index < -0.39 is 29.5 Å². The van der Waals surface area contributed by atoms with E-state index in [2.05, 4.69) is 15.1 Å². The highest BCUT2D eigenvalue weighted by Crippen LogP contribution is 2.28. The summed E-state index contributed by atoms with van der Waals surface area (Å²) in [4.78, 5) is 32.5. The molecule has 0 amide bonds. The van der Waals surface area contributed by atoms with Gasteiger partial charge >= 0.3 is 0 Å². The molecule has 0 fully saturated rings. The number of alkyl halides is 2. The van der Waals surface area contributed by atoms with Crippen LogP contribution in [-0.2, 0) is 0 Å². The number of carbonyl (C=O) groups excluding carboxylic acids is 1. The fourth-order valence-corrected chi connectivity index (χ4v) is 3.61. The quantitative estimate of drug-likeness (QED) is 0.455. The van der Waals surface area contributed by atoms with Crippen LogP contribution >= 0.6 is 0 Å². The van der Waals surface area contributed by atoms with Crippen LogP contribution in [0, 0.1) is 20.8 Å². The molecule has 1 N–H and O–H groups in total. The van der Waals surface area contributed by atoms with Crippen LogP contribution in [0.15, 0.2) is 47.3 Å². The smallest absolute Gasteiger partial charge is 0.283 e. The van der Waals surface area contributed by atoms with Gasteiger partial charge in [0, 0.05) is 5.56 Å². The van der Waals surface area contributed by atoms with Crippen LogP contribution in [0.25, 0.3) is 11.0 Å². The number of hydrogen-bond acceptors (Lipinski definition) is 4. The maximum Gasteiger partial charge on any atom is 0.283 e. The predicted molar refractivity (Wildman–Crippen MR) is 117 cm³/mol. The molecule has 2 aromatic carbocycles. The molecule has 2 aromatic heterocycles. The van der Waals surface area contributed by atoms with Crippen LogP contribution in [0.4, 0.5) is 8.78 Å². The molecule has 1 unspecified atom stereocenters. The van der Waals surface area contributed by atoms with E-state index in [-0.39, 0.29) is 16.9 Å². The Morgan fingerprint density at radius 1 is 1.03 bits per heavy atom. The van der Waals surface area contributed by atoms with Gasteiger partial charge in [0.15, 0.2) is 11.5 Å². The van der Waals surface area contributed by atoms with E-state index in [4.69, 9.17) is 0 Å². The van der Waals surface area contributed by atoms with Gasteiger partial charge in [-0.15, -0.1) is 0 Å². The average Bonchev–Trinajstić information content (AvgIpc) is 3.15. The van der Waals surface area contributed by atoms with E-state index in [1.807, 2.05) is 45.0 Å². The van der Waals surface area contributed by atoms with Gasteiger partial charge in [0.1, 0.15) is 11.1 Å². The lowest BCUT2D eigenvalue weighted by molar-refractivity contribution is 0.102. The zero-order valence-electron chi connectivity index (χ0n) is 18.1. The fourth-order valence-electron chi connectivity index (χ4n) is 3.61. The molecular formula is C24H22F2N4O2. The molecule has 4 rings (SSSR count). The number of hydrogen-bond donors (Lipinski definition) is 1. The molecule has 0 aliphatic heterocycles. The van der Waals surface area contributed by atoms with E-state index in [1.165, 1.54) is 4.68 Å². The van der Waals surface area contributed by atoms with Crippen molar-refractivity contribution >= 4 is 16.8 Å². The molecule has 32 heavy (non-hydrogen) atoms. The van der Waals surface area contributed by atoms with Gasteiger partial charge in [-0.3, -0.25) is 9.59 Å². The Morgan fingerprint density at radius 2 is 1.72 bits per heavy atom. The zero-order valence-corrected chi connectivity index (χ0v) is 18.1. The number of aromatic nitrogens is 4. The normalized spacial score (nSPS) is 12.5. The van der Waals surface area contributed by atoms with Gasteiger partial charge in [0.05, 0.1) is 6.04 Å². The van der Waals surface area contributed by atoms with Crippen molar-refractivity contribution in [3.05, 3.63) is 92.2 Å². The second-order valence-electron chi connectivity index (χ2n) is 7.96. The van der Waals surface area contributed by atoms with Crippen LogP contribution < -0.4 is 5.56 Å². The molecule has 8 heteroatoms. The number of fused-ring (bicyclic) bond motifs is 1. The number of halogens is 2. The predicted octanol–water partition coefficient (Wildman–Crippen LogP) is 4.82. The van der Waals surface area contributed by atoms with Crippen molar-refractivity contribution < 1.29 is 13.6 Å². The molecule has 6 nitrogen and oxygen atoms in total. The standard InChI is InChI=1S/C24H22F2N4O2/c1-12-5-8-16(9-6-12)15(4)30-23-18(19(29-30)21(25)26)24(32)28-22(27-23)20(31)17-10-7-13(2)14(3)11-17/h5-11,15,21H,1-4H3,(H,27,28,32). The highest BCUT2D eigenvalue weighted by Gasteiger charge is 2.27. The van der Waals surface area contributed by atoms with Crippen molar-refractivity contribution in [2.75, 3.05) is 0 Å². The summed E-state index contributed by atoms with van der Waals surface area (Å²) in [5.74, 6) is -0.717. The summed E-state index contributed by atoms with van der Waals surface area (Å²) in [5, 5.41) is 3.71. The number of carbonyl (C=O) groups is 1. The highest BCUT2D eigenvalue weighted by atomic mass is 19.3. The van der Waals surface area contributed by atoms with Gasteiger partial charge in [0.25, 0.3) is 12.0 Å². The first-order valence-electron chi connectivity index (χ1n) is 10.2. The first-order valence-corrected chi connectivity index (χ1v) is 10.2. The summed E-state index contributed by atoms with van der Waals surface area (Å²) in [5.41, 5.74) is 2.62. The van der Waals surface area contributed by atoms with Gasteiger partial charge in [-0.2, -0.15) is 5.10 Å². The van der Waals surface area contributed by atoms with Crippen molar-refractivity contribution in [2.45, 2.75) is 40.2 Å². The molecule has 0 aliphatic carbocycles. The molecule has 164 valence electrons. The van der Waals surface area contributed by atoms with E-state index in [1.54, 1.807) is 25.1 Å². The van der Waals surface area contributed by atoms with E-state index >= 15 is 0 Å². The molecule has 0 saturated carbocycles. The van der Waals surface area contributed by atoms with Crippen molar-refractivity contribution in [3.63, 3.8) is 0 Å². The summed E-state index contributed by atoms with van der Waals surface area (Å²) in [6, 6.07) is 12.2. The van der Waals surface area contributed by atoms with Crippen LogP contribution in [0.3, 0.4) is 0 Å². The molecule has 0 saturated heterocycles. The Balaban J connectivity index is 1.90. The van der Waals surface area contributed by atoms with Crippen LogP contribution in [0.5, 0.6) is 0 Å². The first-order chi connectivity index (χ1) is 15.2. The van der Waals surface area contributed by atoms with E-state index in [0.717, 1.165) is 22.3 Å². The minimum Gasteiger partial charge on any atom is -0.303 e. The molecule has 4 aromatic rings. The molecule has 0 spiro atoms. The fraction of sp³-hybridized carbons (Fsp3) is 0.250. The number of aryl methyl sites for hydroxylation is 3. The van der Waals surface area contributed by atoms with Crippen LogP contribution in [0.1, 0.15) is 63.5 Å². The van der Waals surface area contributed by atoms with Crippen molar-refractivity contribution in [1.82, 2.24) is 19.7 Å². The highest BCUT2D eigenvalue weighted by molar-refractivity contribution is 6.07. The number of benzene rings is 2. The number of aromatic amines is 1. The third kappa shape index (κ3) is 3.72. The third-order valence-corrected chi connectivity index (χ3v) is 5.71. The minimum atomic E-state index is -2.96. The van der Waals surface area contributed by atoms with E-state index in [0.29, 0.717) is 5.56 Å². The first kappa shape index (κ1) is 21.5. The second-order valence-corrected chi connectivity index (χ2v) is 7.96. The molecular weight excluding hydrogens is 414 g/mol. The Kier molecular flexibility index (Phi) is 5.46.